The molecule has 0 spiro atoms. The molecule has 4 heteroatoms. The number of amidine groups is 1. The number of rotatable bonds is 8. The number of nitrogen functional groups attached to an aromatic ring is 1. The fourth-order valence-corrected chi connectivity index (χ4v) is 1.78. The summed E-state index contributed by atoms with van der Waals surface area (Å²) in [7, 11) is 1.99. The van der Waals surface area contributed by atoms with Crippen LogP contribution in [0.25, 0.3) is 0 Å². The molecule has 1 rings (SSSR count). The molecule has 0 unspecified atom stereocenters. The average molecular weight is 263 g/mol. The van der Waals surface area contributed by atoms with Gasteiger partial charge in [-0.05, 0) is 24.5 Å². The van der Waals surface area contributed by atoms with Crippen LogP contribution >= 0.6 is 0 Å². The molecule has 0 saturated heterocycles. The fraction of sp³-hybridized carbons (Fsp3) is 0.533. The van der Waals surface area contributed by atoms with Gasteiger partial charge in [-0.15, -0.1) is 0 Å². The van der Waals surface area contributed by atoms with E-state index in [9.17, 15) is 0 Å². The molecule has 0 amide bonds. The van der Waals surface area contributed by atoms with Crippen LogP contribution in [0.3, 0.4) is 0 Å². The number of nitrogens with two attached hydrogens (primary N) is 1. The number of nitrogens with one attached hydrogen (secondary N) is 1. The van der Waals surface area contributed by atoms with Crippen LogP contribution in [0.4, 0.5) is 5.69 Å². The number of anilines is 1. The molecular formula is C15H25N3O. The molecule has 19 heavy (non-hydrogen) atoms. The van der Waals surface area contributed by atoms with Crippen LogP contribution in [0.5, 0.6) is 0 Å². The maximum absolute atomic E-state index is 7.58. The summed E-state index contributed by atoms with van der Waals surface area (Å²) in [6.07, 6.45) is 1.09. The van der Waals surface area contributed by atoms with Gasteiger partial charge < -0.3 is 15.4 Å². The molecule has 0 atom stereocenters. The van der Waals surface area contributed by atoms with E-state index in [0.717, 1.165) is 30.8 Å². The van der Waals surface area contributed by atoms with Crippen molar-refractivity contribution in [1.82, 2.24) is 0 Å². The van der Waals surface area contributed by atoms with E-state index in [-0.39, 0.29) is 5.84 Å². The van der Waals surface area contributed by atoms with Crippen molar-refractivity contribution in [2.24, 2.45) is 11.7 Å². The van der Waals surface area contributed by atoms with Crippen molar-refractivity contribution in [2.45, 2.75) is 20.3 Å². The first-order valence-corrected chi connectivity index (χ1v) is 6.74. The average Bonchev–Trinajstić information content (AvgIpc) is 2.37. The molecule has 3 N–H and O–H groups in total. The Morgan fingerprint density at radius 3 is 2.63 bits per heavy atom. The molecule has 0 saturated carbocycles. The number of nitrogens with zero attached hydrogens (tertiary/aromatic N) is 1. The second-order valence-corrected chi connectivity index (χ2v) is 5.15. The second kappa shape index (κ2) is 7.79. The summed E-state index contributed by atoms with van der Waals surface area (Å²) in [6.45, 7) is 6.68. The minimum absolute atomic E-state index is 0.100. The third-order valence-corrected chi connectivity index (χ3v) is 3.02. The lowest BCUT2D eigenvalue weighted by Crippen LogP contribution is -2.26. The molecular weight excluding hydrogens is 238 g/mol. The van der Waals surface area contributed by atoms with Crippen LogP contribution in [-0.4, -0.2) is 32.6 Å². The quantitative estimate of drug-likeness (QED) is 0.430. The molecule has 1 aromatic carbocycles. The summed E-state index contributed by atoms with van der Waals surface area (Å²) in [6, 6.07) is 7.70. The molecule has 4 nitrogen and oxygen atoms in total. The third-order valence-electron chi connectivity index (χ3n) is 3.02. The summed E-state index contributed by atoms with van der Waals surface area (Å²) >= 11 is 0. The van der Waals surface area contributed by atoms with Gasteiger partial charge in [0.2, 0.25) is 0 Å². The van der Waals surface area contributed by atoms with E-state index in [1.165, 1.54) is 0 Å². The lowest BCUT2D eigenvalue weighted by atomic mass is 10.1. The lowest BCUT2D eigenvalue weighted by Gasteiger charge is -2.22. The monoisotopic (exact) mass is 263 g/mol. The topological polar surface area (TPSA) is 62.3 Å². The van der Waals surface area contributed by atoms with Gasteiger partial charge >= 0.3 is 0 Å². The SMILES string of the molecule is CC(C)CCOCCN(C)c1ccccc1C(=N)N. The zero-order valence-corrected chi connectivity index (χ0v) is 12.1. The highest BCUT2D eigenvalue weighted by Crippen LogP contribution is 2.18. The number of para-hydroxylation sites is 1. The highest BCUT2D eigenvalue weighted by atomic mass is 16.5. The first-order chi connectivity index (χ1) is 9.02. The van der Waals surface area contributed by atoms with Crippen molar-refractivity contribution in [3.63, 3.8) is 0 Å². The number of likely N-dealkylation sites (N-methyl/N-ethyl adjacent to an activating group) is 1. The highest BCUT2D eigenvalue weighted by Gasteiger charge is 2.08. The zero-order valence-electron chi connectivity index (χ0n) is 12.1. The lowest BCUT2D eigenvalue weighted by molar-refractivity contribution is 0.130. The minimum atomic E-state index is 0.100. The fourth-order valence-electron chi connectivity index (χ4n) is 1.78. The van der Waals surface area contributed by atoms with Crippen LogP contribution < -0.4 is 10.6 Å². The molecule has 1 aromatic rings. The maximum Gasteiger partial charge on any atom is 0.124 e. The Kier molecular flexibility index (Phi) is 6.36. The maximum atomic E-state index is 7.58. The van der Waals surface area contributed by atoms with Gasteiger partial charge in [0.15, 0.2) is 0 Å². The van der Waals surface area contributed by atoms with Crippen LogP contribution in [0.2, 0.25) is 0 Å². The van der Waals surface area contributed by atoms with Gasteiger partial charge in [0.1, 0.15) is 5.84 Å². The van der Waals surface area contributed by atoms with E-state index >= 15 is 0 Å². The molecule has 0 aliphatic carbocycles. The van der Waals surface area contributed by atoms with Crippen molar-refractivity contribution in [1.29, 1.82) is 5.41 Å². The van der Waals surface area contributed by atoms with Gasteiger partial charge in [0, 0.05) is 31.5 Å². The van der Waals surface area contributed by atoms with E-state index in [1.807, 2.05) is 31.3 Å². The molecule has 0 aromatic heterocycles. The minimum Gasteiger partial charge on any atom is -0.384 e. The predicted molar refractivity (Wildman–Crippen MR) is 81.0 cm³/mol. The van der Waals surface area contributed by atoms with E-state index in [0.29, 0.717) is 12.5 Å². The number of benzene rings is 1. The number of hydrogen-bond donors (Lipinski definition) is 2. The van der Waals surface area contributed by atoms with Crippen molar-refractivity contribution >= 4 is 11.5 Å². The van der Waals surface area contributed by atoms with Crippen molar-refractivity contribution < 1.29 is 4.74 Å². The summed E-state index contributed by atoms with van der Waals surface area (Å²) in [5, 5.41) is 7.58. The highest BCUT2D eigenvalue weighted by molar-refractivity contribution is 6.00. The van der Waals surface area contributed by atoms with E-state index in [1.54, 1.807) is 0 Å². The summed E-state index contributed by atoms with van der Waals surface area (Å²) < 4.78 is 5.61. The summed E-state index contributed by atoms with van der Waals surface area (Å²) in [5.41, 5.74) is 7.33. The van der Waals surface area contributed by atoms with Crippen LogP contribution in [0.1, 0.15) is 25.8 Å². The Hall–Kier alpha value is -1.55. The normalized spacial score (nSPS) is 10.7. The Morgan fingerprint density at radius 1 is 1.32 bits per heavy atom. The number of ether oxygens (including phenoxy) is 1. The third kappa shape index (κ3) is 5.30. The van der Waals surface area contributed by atoms with Gasteiger partial charge in [-0.1, -0.05) is 26.0 Å². The van der Waals surface area contributed by atoms with Crippen molar-refractivity contribution in [3.8, 4) is 0 Å². The van der Waals surface area contributed by atoms with E-state index < -0.39 is 0 Å². The summed E-state index contributed by atoms with van der Waals surface area (Å²) in [4.78, 5) is 2.08. The molecule has 0 fully saturated rings. The Morgan fingerprint density at radius 2 is 2.00 bits per heavy atom. The first-order valence-electron chi connectivity index (χ1n) is 6.74. The zero-order chi connectivity index (χ0) is 14.3. The number of hydrogen-bond acceptors (Lipinski definition) is 3. The molecule has 0 bridgehead atoms. The molecule has 0 heterocycles. The van der Waals surface area contributed by atoms with Gasteiger partial charge in [-0.3, -0.25) is 5.41 Å². The predicted octanol–water partition coefficient (Wildman–Crippen LogP) is 2.47. The molecule has 0 aliphatic heterocycles. The van der Waals surface area contributed by atoms with Crippen LogP contribution in [-0.2, 0) is 4.74 Å². The first kappa shape index (κ1) is 15.5. The van der Waals surface area contributed by atoms with Gasteiger partial charge in [0.05, 0.1) is 6.61 Å². The summed E-state index contributed by atoms with van der Waals surface area (Å²) in [5.74, 6) is 0.777. The molecule has 106 valence electrons. The van der Waals surface area contributed by atoms with Gasteiger partial charge in [-0.25, -0.2) is 0 Å². The van der Waals surface area contributed by atoms with Gasteiger partial charge in [-0.2, -0.15) is 0 Å². The Labute approximate surface area is 116 Å². The van der Waals surface area contributed by atoms with Crippen molar-refractivity contribution in [3.05, 3.63) is 29.8 Å². The van der Waals surface area contributed by atoms with E-state index in [4.69, 9.17) is 15.9 Å². The second-order valence-electron chi connectivity index (χ2n) is 5.15. The van der Waals surface area contributed by atoms with Crippen LogP contribution in [0, 0.1) is 11.3 Å². The van der Waals surface area contributed by atoms with E-state index in [2.05, 4.69) is 18.7 Å². The largest absolute Gasteiger partial charge is 0.384 e. The van der Waals surface area contributed by atoms with Crippen molar-refractivity contribution in [2.75, 3.05) is 31.7 Å². The smallest absolute Gasteiger partial charge is 0.124 e. The van der Waals surface area contributed by atoms with Gasteiger partial charge in [0.25, 0.3) is 0 Å². The molecule has 0 radical (unpaired) electrons. The standard InChI is InChI=1S/C15H25N3O/c1-12(2)8-10-19-11-9-18(3)14-7-5-4-6-13(14)15(16)17/h4-7,12H,8-11H2,1-3H3,(H3,16,17). The van der Waals surface area contributed by atoms with Crippen LogP contribution in [0.15, 0.2) is 24.3 Å². The Bertz CT molecular complexity index is 404. The molecule has 0 aliphatic rings. The Balaban J connectivity index is 2.45.